The molecule has 2 rings (SSSR count). The maximum atomic E-state index is 11.1. The van der Waals surface area contributed by atoms with Crippen LogP contribution in [-0.4, -0.2) is 16.2 Å². The van der Waals surface area contributed by atoms with Crippen LogP contribution in [0.15, 0.2) is 24.3 Å². The van der Waals surface area contributed by atoms with E-state index in [0.29, 0.717) is 5.92 Å². The minimum atomic E-state index is -0.775. The van der Waals surface area contributed by atoms with Gasteiger partial charge in [0.15, 0.2) is 0 Å². The summed E-state index contributed by atoms with van der Waals surface area (Å²) in [6, 6.07) is 7.01. The zero-order valence-corrected chi connectivity index (χ0v) is 10.0. The number of benzene rings is 1. The second kappa shape index (κ2) is 4.40. The van der Waals surface area contributed by atoms with Gasteiger partial charge in [0.25, 0.3) is 0 Å². The van der Waals surface area contributed by atoms with Crippen molar-refractivity contribution in [2.75, 3.05) is 0 Å². The van der Waals surface area contributed by atoms with Crippen molar-refractivity contribution in [1.29, 1.82) is 0 Å². The summed E-state index contributed by atoms with van der Waals surface area (Å²) in [6.07, 6.45) is 3.47. The normalized spacial score (nSPS) is 19.4. The fourth-order valence-corrected chi connectivity index (χ4v) is 2.70. The van der Waals surface area contributed by atoms with Gasteiger partial charge in [0.05, 0.1) is 6.42 Å². The summed E-state index contributed by atoms with van der Waals surface area (Å²) in [5.41, 5.74) is 0.577. The van der Waals surface area contributed by atoms with Gasteiger partial charge in [0, 0.05) is 5.41 Å². The molecule has 0 unspecified atom stereocenters. The summed E-state index contributed by atoms with van der Waals surface area (Å²) in [7, 11) is 0. The molecule has 3 heteroatoms. The number of hydrogen-bond acceptors (Lipinski definition) is 2. The SMILES string of the molecule is C[C@@](CC(=O)O)(c1cccc(O)c1)C1CCC1. The van der Waals surface area contributed by atoms with Crippen LogP contribution in [0.4, 0.5) is 0 Å². The number of hydrogen-bond donors (Lipinski definition) is 2. The Balaban J connectivity index is 2.34. The molecular formula is C14H18O3. The highest BCUT2D eigenvalue weighted by molar-refractivity contribution is 5.69. The van der Waals surface area contributed by atoms with Crippen LogP contribution in [0.1, 0.15) is 38.2 Å². The van der Waals surface area contributed by atoms with E-state index < -0.39 is 5.97 Å². The number of aliphatic carboxylic acids is 1. The smallest absolute Gasteiger partial charge is 0.304 e. The number of phenols is 1. The molecule has 0 aliphatic heterocycles. The van der Waals surface area contributed by atoms with Gasteiger partial charge in [-0.2, -0.15) is 0 Å². The van der Waals surface area contributed by atoms with Crippen LogP contribution in [0.5, 0.6) is 5.75 Å². The first kappa shape index (κ1) is 12.0. The van der Waals surface area contributed by atoms with Gasteiger partial charge >= 0.3 is 5.97 Å². The summed E-state index contributed by atoms with van der Waals surface area (Å²) in [5, 5.41) is 18.6. The molecule has 1 atom stereocenters. The van der Waals surface area contributed by atoms with Crippen molar-refractivity contribution in [3.63, 3.8) is 0 Å². The van der Waals surface area contributed by atoms with Crippen molar-refractivity contribution in [3.8, 4) is 5.75 Å². The van der Waals surface area contributed by atoms with E-state index in [0.717, 1.165) is 18.4 Å². The Morgan fingerprint density at radius 3 is 2.65 bits per heavy atom. The third-order valence-electron chi connectivity index (χ3n) is 4.03. The van der Waals surface area contributed by atoms with Crippen molar-refractivity contribution >= 4 is 5.97 Å². The van der Waals surface area contributed by atoms with E-state index in [1.54, 1.807) is 18.2 Å². The molecule has 1 fully saturated rings. The lowest BCUT2D eigenvalue weighted by Crippen LogP contribution is -2.38. The number of carbonyl (C=O) groups is 1. The Kier molecular flexibility index (Phi) is 3.09. The van der Waals surface area contributed by atoms with E-state index in [9.17, 15) is 9.90 Å². The first-order chi connectivity index (χ1) is 8.02. The molecule has 0 spiro atoms. The van der Waals surface area contributed by atoms with Gasteiger partial charge in [0.2, 0.25) is 0 Å². The zero-order valence-electron chi connectivity index (χ0n) is 10.0. The van der Waals surface area contributed by atoms with Crippen molar-refractivity contribution in [3.05, 3.63) is 29.8 Å². The molecule has 0 aromatic heterocycles. The van der Waals surface area contributed by atoms with Gasteiger partial charge < -0.3 is 10.2 Å². The molecule has 17 heavy (non-hydrogen) atoms. The molecule has 0 bridgehead atoms. The summed E-state index contributed by atoms with van der Waals surface area (Å²) >= 11 is 0. The lowest BCUT2D eigenvalue weighted by atomic mass is 9.61. The van der Waals surface area contributed by atoms with Gasteiger partial charge in [-0.05, 0) is 36.5 Å². The molecule has 92 valence electrons. The highest BCUT2D eigenvalue weighted by Gasteiger charge is 2.40. The Hall–Kier alpha value is -1.51. The van der Waals surface area contributed by atoms with Gasteiger partial charge in [-0.15, -0.1) is 0 Å². The van der Waals surface area contributed by atoms with Crippen molar-refractivity contribution < 1.29 is 15.0 Å². The van der Waals surface area contributed by atoms with Crippen LogP contribution < -0.4 is 0 Å². The third kappa shape index (κ3) is 2.28. The van der Waals surface area contributed by atoms with Crippen molar-refractivity contribution in [1.82, 2.24) is 0 Å². The number of rotatable bonds is 4. The van der Waals surface area contributed by atoms with Gasteiger partial charge in [-0.3, -0.25) is 4.79 Å². The maximum Gasteiger partial charge on any atom is 0.304 e. The highest BCUT2D eigenvalue weighted by atomic mass is 16.4. The summed E-state index contributed by atoms with van der Waals surface area (Å²) < 4.78 is 0. The van der Waals surface area contributed by atoms with Crippen molar-refractivity contribution in [2.24, 2.45) is 5.92 Å². The van der Waals surface area contributed by atoms with E-state index >= 15 is 0 Å². The van der Waals surface area contributed by atoms with E-state index in [2.05, 4.69) is 0 Å². The fraction of sp³-hybridized carbons (Fsp3) is 0.500. The van der Waals surface area contributed by atoms with Crippen LogP contribution in [0.25, 0.3) is 0 Å². The summed E-state index contributed by atoms with van der Waals surface area (Å²) in [6.45, 7) is 2.00. The average Bonchev–Trinajstić information content (AvgIpc) is 2.13. The molecule has 1 aromatic rings. The number of carboxylic acid groups (broad SMARTS) is 1. The quantitative estimate of drug-likeness (QED) is 0.842. The summed E-state index contributed by atoms with van der Waals surface area (Å²) in [5.74, 6) is -0.151. The molecule has 0 heterocycles. The Morgan fingerprint density at radius 2 is 2.18 bits per heavy atom. The molecule has 2 N–H and O–H groups in total. The average molecular weight is 234 g/mol. The Morgan fingerprint density at radius 1 is 1.47 bits per heavy atom. The molecule has 1 aliphatic carbocycles. The first-order valence-electron chi connectivity index (χ1n) is 6.03. The van der Waals surface area contributed by atoms with E-state index in [1.807, 2.05) is 13.0 Å². The first-order valence-corrected chi connectivity index (χ1v) is 6.03. The third-order valence-corrected chi connectivity index (χ3v) is 4.03. The van der Waals surface area contributed by atoms with Crippen molar-refractivity contribution in [2.45, 2.75) is 38.0 Å². The molecule has 1 aliphatic rings. The zero-order chi connectivity index (χ0) is 12.5. The van der Waals surface area contributed by atoms with Gasteiger partial charge in [-0.1, -0.05) is 25.5 Å². The fourth-order valence-electron chi connectivity index (χ4n) is 2.70. The van der Waals surface area contributed by atoms with E-state index in [4.69, 9.17) is 5.11 Å². The van der Waals surface area contributed by atoms with Crippen LogP contribution in [0, 0.1) is 5.92 Å². The largest absolute Gasteiger partial charge is 0.508 e. The van der Waals surface area contributed by atoms with Crippen LogP contribution in [-0.2, 0) is 10.2 Å². The minimum absolute atomic E-state index is 0.126. The maximum absolute atomic E-state index is 11.1. The molecular weight excluding hydrogens is 216 g/mol. The molecule has 0 saturated heterocycles. The van der Waals surface area contributed by atoms with Crippen LogP contribution in [0.2, 0.25) is 0 Å². The van der Waals surface area contributed by atoms with Gasteiger partial charge in [0.1, 0.15) is 5.75 Å². The molecule has 3 nitrogen and oxygen atoms in total. The van der Waals surface area contributed by atoms with E-state index in [-0.39, 0.29) is 17.6 Å². The number of phenolic OH excluding ortho intramolecular Hbond substituents is 1. The second-order valence-electron chi connectivity index (χ2n) is 5.17. The summed E-state index contributed by atoms with van der Waals surface area (Å²) in [4.78, 5) is 11.1. The van der Waals surface area contributed by atoms with Gasteiger partial charge in [-0.25, -0.2) is 0 Å². The topological polar surface area (TPSA) is 57.5 Å². The lowest BCUT2D eigenvalue weighted by Gasteiger charge is -2.42. The predicted molar refractivity (Wildman–Crippen MR) is 65.1 cm³/mol. The van der Waals surface area contributed by atoms with Crippen LogP contribution >= 0.6 is 0 Å². The molecule has 0 radical (unpaired) electrons. The molecule has 1 aromatic carbocycles. The highest BCUT2D eigenvalue weighted by Crippen LogP contribution is 2.46. The monoisotopic (exact) mass is 234 g/mol. The Labute approximate surface area is 101 Å². The lowest BCUT2D eigenvalue weighted by molar-refractivity contribution is -0.139. The molecule has 1 saturated carbocycles. The number of aromatic hydroxyl groups is 1. The molecule has 0 amide bonds. The van der Waals surface area contributed by atoms with E-state index in [1.165, 1.54) is 6.42 Å². The number of carboxylic acids is 1. The standard InChI is InChI=1S/C14H18O3/c1-14(9-13(16)17,10-4-2-5-10)11-6-3-7-12(15)8-11/h3,6-8,10,15H,2,4-5,9H2,1H3,(H,16,17)/t14-/m0/s1. The second-order valence-corrected chi connectivity index (χ2v) is 5.17. The van der Waals surface area contributed by atoms with Crippen LogP contribution in [0.3, 0.4) is 0 Å². The Bertz CT molecular complexity index is 423. The predicted octanol–water partition coefficient (Wildman–Crippen LogP) is 2.92. The minimum Gasteiger partial charge on any atom is -0.508 e.